The van der Waals surface area contributed by atoms with Crippen LogP contribution in [0.1, 0.15) is 46.2 Å². The molecule has 0 atom stereocenters. The molecule has 1 heterocycles. The van der Waals surface area contributed by atoms with Crippen LogP contribution in [0.15, 0.2) is 42.5 Å². The molecule has 162 valence electrons. The number of rotatable bonds is 7. The molecule has 1 aromatic heterocycles. The topological polar surface area (TPSA) is 56.6 Å². The lowest BCUT2D eigenvalue weighted by Crippen LogP contribution is -2.31. The molecule has 0 N–H and O–H groups in total. The first kappa shape index (κ1) is 21.0. The summed E-state index contributed by atoms with van der Waals surface area (Å²) in [5, 5.41) is 4.82. The van der Waals surface area contributed by atoms with Gasteiger partial charge in [-0.2, -0.15) is 5.10 Å². The Morgan fingerprint density at radius 3 is 2.58 bits per heavy atom. The summed E-state index contributed by atoms with van der Waals surface area (Å²) in [7, 11) is 3.23. The van der Waals surface area contributed by atoms with Crippen LogP contribution in [-0.2, 0) is 19.4 Å². The van der Waals surface area contributed by atoms with Crippen LogP contribution in [0.25, 0.3) is 5.69 Å². The SMILES string of the molecule is CCN(Cc1ccc(OC)c(OC)c1)C(=O)c1nn(-c2ccccc2C)c2c1CCC2. The third-order valence-electron chi connectivity index (χ3n) is 5.97. The second kappa shape index (κ2) is 8.84. The van der Waals surface area contributed by atoms with Crippen molar-refractivity contribution in [2.24, 2.45) is 0 Å². The maximum atomic E-state index is 13.5. The van der Waals surface area contributed by atoms with Gasteiger partial charge in [0, 0.05) is 24.3 Å². The lowest BCUT2D eigenvalue weighted by atomic mass is 10.1. The monoisotopic (exact) mass is 419 g/mol. The van der Waals surface area contributed by atoms with Crippen molar-refractivity contribution in [2.75, 3.05) is 20.8 Å². The highest BCUT2D eigenvalue weighted by atomic mass is 16.5. The van der Waals surface area contributed by atoms with Crippen LogP contribution < -0.4 is 9.47 Å². The third-order valence-corrected chi connectivity index (χ3v) is 5.97. The molecule has 1 aliphatic rings. The minimum absolute atomic E-state index is 0.0252. The highest BCUT2D eigenvalue weighted by Crippen LogP contribution is 2.31. The first-order chi connectivity index (χ1) is 15.1. The van der Waals surface area contributed by atoms with Crippen LogP contribution in [0.3, 0.4) is 0 Å². The summed E-state index contributed by atoms with van der Waals surface area (Å²) in [5.41, 5.74) is 6.03. The van der Waals surface area contributed by atoms with Gasteiger partial charge in [0.05, 0.1) is 19.9 Å². The van der Waals surface area contributed by atoms with E-state index >= 15 is 0 Å². The fourth-order valence-corrected chi connectivity index (χ4v) is 4.29. The molecule has 6 nitrogen and oxygen atoms in total. The summed E-state index contributed by atoms with van der Waals surface area (Å²) in [5.74, 6) is 1.31. The van der Waals surface area contributed by atoms with Gasteiger partial charge in [-0.1, -0.05) is 24.3 Å². The van der Waals surface area contributed by atoms with E-state index in [1.807, 2.05) is 46.8 Å². The standard InChI is InChI=1S/C25H29N3O3/c1-5-27(16-18-13-14-22(30-3)23(15-18)31-4)25(29)24-19-10-8-12-21(19)28(26-24)20-11-7-6-9-17(20)2/h6-7,9,11,13-15H,5,8,10,12,16H2,1-4H3. The highest BCUT2D eigenvalue weighted by Gasteiger charge is 2.29. The quantitative estimate of drug-likeness (QED) is 0.571. The van der Waals surface area contributed by atoms with Gasteiger partial charge in [-0.05, 0) is 62.4 Å². The summed E-state index contributed by atoms with van der Waals surface area (Å²) < 4.78 is 12.7. The number of aryl methyl sites for hydroxylation is 1. The molecule has 0 unspecified atom stereocenters. The zero-order chi connectivity index (χ0) is 22.0. The van der Waals surface area contributed by atoms with Crippen molar-refractivity contribution in [3.05, 3.63) is 70.5 Å². The first-order valence-electron chi connectivity index (χ1n) is 10.7. The highest BCUT2D eigenvalue weighted by molar-refractivity contribution is 5.94. The van der Waals surface area contributed by atoms with Gasteiger partial charge < -0.3 is 14.4 Å². The van der Waals surface area contributed by atoms with E-state index < -0.39 is 0 Å². The van der Waals surface area contributed by atoms with E-state index in [2.05, 4.69) is 19.1 Å². The predicted octanol–water partition coefficient (Wildman–Crippen LogP) is 4.35. The Labute approximate surface area is 183 Å². The molecule has 0 bridgehead atoms. The summed E-state index contributed by atoms with van der Waals surface area (Å²) in [6.07, 6.45) is 2.91. The number of para-hydroxylation sites is 1. The van der Waals surface area contributed by atoms with E-state index in [1.54, 1.807) is 14.2 Å². The summed E-state index contributed by atoms with van der Waals surface area (Å²) in [4.78, 5) is 15.4. The van der Waals surface area contributed by atoms with Gasteiger partial charge >= 0.3 is 0 Å². The van der Waals surface area contributed by atoms with E-state index in [-0.39, 0.29) is 5.91 Å². The number of methoxy groups -OCH3 is 2. The summed E-state index contributed by atoms with van der Waals surface area (Å²) >= 11 is 0. The molecule has 0 saturated heterocycles. The Morgan fingerprint density at radius 1 is 1.10 bits per heavy atom. The van der Waals surface area contributed by atoms with Crippen molar-refractivity contribution in [3.63, 3.8) is 0 Å². The van der Waals surface area contributed by atoms with Crippen molar-refractivity contribution in [1.82, 2.24) is 14.7 Å². The molecule has 0 saturated carbocycles. The number of hydrogen-bond acceptors (Lipinski definition) is 4. The zero-order valence-corrected chi connectivity index (χ0v) is 18.6. The van der Waals surface area contributed by atoms with E-state index in [0.717, 1.165) is 41.6 Å². The number of carbonyl (C=O) groups is 1. The summed E-state index contributed by atoms with van der Waals surface area (Å²) in [6.45, 7) is 5.16. The minimum atomic E-state index is -0.0252. The van der Waals surface area contributed by atoms with Gasteiger partial charge in [0.15, 0.2) is 17.2 Å². The number of ether oxygens (including phenoxy) is 2. The Morgan fingerprint density at radius 2 is 1.87 bits per heavy atom. The Bertz CT molecular complexity index is 1100. The molecule has 4 rings (SSSR count). The molecule has 0 spiro atoms. The van der Waals surface area contributed by atoms with Crippen LogP contribution in [0.2, 0.25) is 0 Å². The van der Waals surface area contributed by atoms with Crippen LogP contribution in [0.5, 0.6) is 11.5 Å². The van der Waals surface area contributed by atoms with Crippen LogP contribution in [0, 0.1) is 6.92 Å². The van der Waals surface area contributed by atoms with Gasteiger partial charge in [0.25, 0.3) is 5.91 Å². The number of amides is 1. The average molecular weight is 420 g/mol. The van der Waals surface area contributed by atoms with E-state index in [4.69, 9.17) is 14.6 Å². The van der Waals surface area contributed by atoms with Crippen LogP contribution in [-0.4, -0.2) is 41.4 Å². The second-order valence-electron chi connectivity index (χ2n) is 7.83. The second-order valence-corrected chi connectivity index (χ2v) is 7.83. The molecule has 0 radical (unpaired) electrons. The third kappa shape index (κ3) is 3.90. The molecular weight excluding hydrogens is 390 g/mol. The largest absolute Gasteiger partial charge is 0.493 e. The maximum Gasteiger partial charge on any atom is 0.274 e. The molecule has 31 heavy (non-hydrogen) atoms. The molecule has 2 aromatic carbocycles. The van der Waals surface area contributed by atoms with Crippen LogP contribution in [0.4, 0.5) is 0 Å². The van der Waals surface area contributed by atoms with Crippen molar-refractivity contribution in [3.8, 4) is 17.2 Å². The number of fused-ring (bicyclic) bond motifs is 1. The number of nitrogens with zero attached hydrogens (tertiary/aromatic N) is 3. The molecular formula is C25H29N3O3. The fourth-order valence-electron chi connectivity index (χ4n) is 4.29. The van der Waals surface area contributed by atoms with Crippen molar-refractivity contribution in [2.45, 2.75) is 39.7 Å². The fraction of sp³-hybridized carbons (Fsp3) is 0.360. The normalized spacial score (nSPS) is 12.5. The molecule has 6 heteroatoms. The van der Waals surface area contributed by atoms with Gasteiger partial charge in [0.2, 0.25) is 0 Å². The number of benzene rings is 2. The lowest BCUT2D eigenvalue weighted by molar-refractivity contribution is 0.0745. The van der Waals surface area contributed by atoms with Crippen molar-refractivity contribution < 1.29 is 14.3 Å². The molecule has 0 aliphatic heterocycles. The number of aromatic nitrogens is 2. The first-order valence-corrected chi connectivity index (χ1v) is 10.7. The Kier molecular flexibility index (Phi) is 5.98. The lowest BCUT2D eigenvalue weighted by Gasteiger charge is -2.21. The predicted molar refractivity (Wildman–Crippen MR) is 120 cm³/mol. The van der Waals surface area contributed by atoms with Crippen molar-refractivity contribution >= 4 is 5.91 Å². The molecule has 1 amide bonds. The zero-order valence-electron chi connectivity index (χ0n) is 18.6. The van der Waals surface area contributed by atoms with Crippen molar-refractivity contribution in [1.29, 1.82) is 0 Å². The number of carbonyl (C=O) groups excluding carboxylic acids is 1. The van der Waals surface area contributed by atoms with E-state index in [1.165, 1.54) is 5.69 Å². The van der Waals surface area contributed by atoms with Crippen LogP contribution >= 0.6 is 0 Å². The Balaban J connectivity index is 1.66. The summed E-state index contributed by atoms with van der Waals surface area (Å²) in [6, 6.07) is 13.9. The van der Waals surface area contributed by atoms with E-state index in [9.17, 15) is 4.79 Å². The van der Waals surface area contributed by atoms with Gasteiger partial charge in [-0.3, -0.25) is 4.79 Å². The molecule has 1 aliphatic carbocycles. The molecule has 0 fully saturated rings. The smallest absolute Gasteiger partial charge is 0.274 e. The average Bonchev–Trinajstić information content (AvgIpc) is 3.40. The van der Waals surface area contributed by atoms with E-state index in [0.29, 0.717) is 30.3 Å². The minimum Gasteiger partial charge on any atom is -0.493 e. The maximum absolute atomic E-state index is 13.5. The number of hydrogen-bond donors (Lipinski definition) is 0. The van der Waals surface area contributed by atoms with Gasteiger partial charge in [-0.15, -0.1) is 0 Å². The molecule has 3 aromatic rings. The van der Waals surface area contributed by atoms with Gasteiger partial charge in [0.1, 0.15) is 0 Å². The van der Waals surface area contributed by atoms with Gasteiger partial charge in [-0.25, -0.2) is 4.68 Å². The Hall–Kier alpha value is -3.28.